The largest absolute Gasteiger partial charge is 0.345 e. The number of nitrogens with zero attached hydrogens (tertiary/aromatic N) is 2. The fourth-order valence-corrected chi connectivity index (χ4v) is 2.60. The van der Waals surface area contributed by atoms with Crippen LogP contribution in [0.3, 0.4) is 0 Å². The van der Waals surface area contributed by atoms with Crippen LogP contribution in [0.5, 0.6) is 0 Å². The number of halogens is 1. The molecule has 3 nitrogen and oxygen atoms in total. The van der Waals surface area contributed by atoms with Crippen LogP contribution in [0.15, 0.2) is 16.7 Å². The molecule has 1 aromatic rings. The third-order valence-electron chi connectivity index (χ3n) is 3.29. The molecule has 1 heterocycles. The zero-order valence-corrected chi connectivity index (χ0v) is 11.3. The van der Waals surface area contributed by atoms with E-state index in [1.165, 1.54) is 19.3 Å². The maximum Gasteiger partial charge on any atom is 0.270 e. The van der Waals surface area contributed by atoms with Gasteiger partial charge < -0.3 is 9.47 Å². The van der Waals surface area contributed by atoms with Crippen LogP contribution in [0.25, 0.3) is 0 Å². The van der Waals surface area contributed by atoms with E-state index in [-0.39, 0.29) is 5.91 Å². The van der Waals surface area contributed by atoms with Crippen LogP contribution in [0.4, 0.5) is 0 Å². The molecule has 0 saturated heterocycles. The lowest BCUT2D eigenvalue weighted by molar-refractivity contribution is 0.0736. The summed E-state index contributed by atoms with van der Waals surface area (Å²) in [5.74, 6) is 0.831. The molecule has 0 N–H and O–H groups in total. The normalized spacial score (nSPS) is 15.9. The highest BCUT2D eigenvalue weighted by molar-refractivity contribution is 9.10. The number of carbonyl (C=O) groups is 1. The first-order chi connectivity index (χ1) is 7.58. The molecule has 4 heteroatoms. The van der Waals surface area contributed by atoms with Crippen molar-refractivity contribution in [3.8, 4) is 0 Å². The van der Waals surface area contributed by atoms with Crippen LogP contribution in [0.1, 0.15) is 29.8 Å². The summed E-state index contributed by atoms with van der Waals surface area (Å²) in [4.78, 5) is 14.0. The van der Waals surface area contributed by atoms with Gasteiger partial charge in [-0.15, -0.1) is 0 Å². The Balaban J connectivity index is 2.02. The summed E-state index contributed by atoms with van der Waals surface area (Å²) in [7, 11) is 3.79. The Bertz CT molecular complexity index is 396. The molecular formula is C12H17BrN2O. The molecule has 1 aliphatic rings. The van der Waals surface area contributed by atoms with Crippen molar-refractivity contribution in [3.63, 3.8) is 0 Å². The van der Waals surface area contributed by atoms with Crippen LogP contribution in [-0.2, 0) is 7.05 Å². The van der Waals surface area contributed by atoms with E-state index in [1.807, 2.05) is 35.8 Å². The third-order valence-corrected chi connectivity index (χ3v) is 3.73. The van der Waals surface area contributed by atoms with Gasteiger partial charge in [0.15, 0.2) is 0 Å². The summed E-state index contributed by atoms with van der Waals surface area (Å²) < 4.78 is 2.82. The number of rotatable bonds is 3. The predicted molar refractivity (Wildman–Crippen MR) is 67.4 cm³/mol. The van der Waals surface area contributed by atoms with Crippen molar-refractivity contribution in [1.29, 1.82) is 0 Å². The average Bonchev–Trinajstić information content (AvgIpc) is 2.50. The summed E-state index contributed by atoms with van der Waals surface area (Å²) in [6.07, 6.45) is 5.77. The first-order valence-electron chi connectivity index (χ1n) is 5.65. The summed E-state index contributed by atoms with van der Waals surface area (Å²) in [6.45, 7) is 0.891. The molecule has 0 radical (unpaired) electrons. The number of hydrogen-bond donors (Lipinski definition) is 0. The number of carbonyl (C=O) groups excluding carboxylic acids is 1. The fraction of sp³-hybridized carbons (Fsp3) is 0.583. The van der Waals surface area contributed by atoms with Gasteiger partial charge in [-0.3, -0.25) is 4.79 Å². The lowest BCUT2D eigenvalue weighted by atomic mass is 9.85. The Morgan fingerprint density at radius 3 is 2.75 bits per heavy atom. The number of hydrogen-bond acceptors (Lipinski definition) is 1. The van der Waals surface area contributed by atoms with Crippen LogP contribution in [0.2, 0.25) is 0 Å². The molecule has 0 unspecified atom stereocenters. The molecule has 1 aromatic heterocycles. The first kappa shape index (κ1) is 11.7. The monoisotopic (exact) mass is 284 g/mol. The summed E-state index contributed by atoms with van der Waals surface area (Å²) in [5, 5.41) is 0. The summed E-state index contributed by atoms with van der Waals surface area (Å²) in [6, 6.07) is 1.87. The molecule has 0 spiro atoms. The van der Waals surface area contributed by atoms with E-state index in [9.17, 15) is 4.79 Å². The highest BCUT2D eigenvalue weighted by Gasteiger charge is 2.23. The topological polar surface area (TPSA) is 25.2 Å². The van der Waals surface area contributed by atoms with Gasteiger partial charge in [-0.1, -0.05) is 6.42 Å². The van der Waals surface area contributed by atoms with E-state index >= 15 is 0 Å². The Morgan fingerprint density at radius 1 is 1.62 bits per heavy atom. The van der Waals surface area contributed by atoms with Crippen LogP contribution < -0.4 is 0 Å². The van der Waals surface area contributed by atoms with Crippen molar-refractivity contribution < 1.29 is 4.79 Å². The molecule has 0 atom stereocenters. The van der Waals surface area contributed by atoms with E-state index in [2.05, 4.69) is 15.9 Å². The third kappa shape index (κ3) is 2.32. The highest BCUT2D eigenvalue weighted by Crippen LogP contribution is 2.27. The van der Waals surface area contributed by atoms with E-state index < -0.39 is 0 Å². The molecule has 16 heavy (non-hydrogen) atoms. The molecule has 88 valence electrons. The molecule has 0 bridgehead atoms. The van der Waals surface area contributed by atoms with Gasteiger partial charge in [0.1, 0.15) is 5.69 Å². The maximum absolute atomic E-state index is 12.1. The zero-order chi connectivity index (χ0) is 11.7. The molecule has 1 saturated carbocycles. The van der Waals surface area contributed by atoms with Gasteiger partial charge in [-0.2, -0.15) is 0 Å². The van der Waals surface area contributed by atoms with Crippen LogP contribution in [0, 0.1) is 5.92 Å². The average molecular weight is 285 g/mol. The molecule has 1 amide bonds. The number of aryl methyl sites for hydroxylation is 1. The zero-order valence-electron chi connectivity index (χ0n) is 9.74. The van der Waals surface area contributed by atoms with Crippen LogP contribution >= 0.6 is 15.9 Å². The Labute approximate surface area is 105 Å². The smallest absolute Gasteiger partial charge is 0.270 e. The molecule has 2 rings (SSSR count). The van der Waals surface area contributed by atoms with Gasteiger partial charge in [-0.25, -0.2) is 0 Å². The number of amides is 1. The Morgan fingerprint density at radius 2 is 2.31 bits per heavy atom. The van der Waals surface area contributed by atoms with Crippen molar-refractivity contribution in [2.75, 3.05) is 13.6 Å². The number of aromatic nitrogens is 1. The lowest BCUT2D eigenvalue weighted by Crippen LogP contribution is -2.35. The van der Waals surface area contributed by atoms with E-state index in [0.717, 1.165) is 22.6 Å². The fourth-order valence-electron chi connectivity index (χ4n) is 2.08. The van der Waals surface area contributed by atoms with E-state index in [4.69, 9.17) is 0 Å². The minimum absolute atomic E-state index is 0.111. The Hall–Kier alpha value is -0.770. The minimum Gasteiger partial charge on any atom is -0.345 e. The van der Waals surface area contributed by atoms with Gasteiger partial charge in [0.05, 0.1) is 0 Å². The van der Waals surface area contributed by atoms with Crippen molar-refractivity contribution in [2.45, 2.75) is 19.3 Å². The minimum atomic E-state index is 0.111. The summed E-state index contributed by atoms with van der Waals surface area (Å²) in [5.41, 5.74) is 0.744. The first-order valence-corrected chi connectivity index (χ1v) is 6.44. The van der Waals surface area contributed by atoms with Crippen molar-refractivity contribution in [1.82, 2.24) is 9.47 Å². The molecule has 1 fully saturated rings. The van der Waals surface area contributed by atoms with Crippen molar-refractivity contribution in [3.05, 3.63) is 22.4 Å². The second kappa shape index (κ2) is 4.62. The molecule has 1 aliphatic carbocycles. The van der Waals surface area contributed by atoms with Gasteiger partial charge >= 0.3 is 0 Å². The molecular weight excluding hydrogens is 268 g/mol. The van der Waals surface area contributed by atoms with E-state index in [1.54, 1.807) is 0 Å². The highest BCUT2D eigenvalue weighted by atomic mass is 79.9. The summed E-state index contributed by atoms with van der Waals surface area (Å²) >= 11 is 3.38. The lowest BCUT2D eigenvalue weighted by Gasteiger charge is -2.30. The SMILES string of the molecule is CN(CC1CCC1)C(=O)c1cc(Br)cn1C. The second-order valence-electron chi connectivity index (χ2n) is 4.64. The van der Waals surface area contributed by atoms with Crippen LogP contribution in [-0.4, -0.2) is 29.0 Å². The Kier molecular flexibility index (Phi) is 3.38. The maximum atomic E-state index is 12.1. The van der Waals surface area contributed by atoms with Gasteiger partial charge in [0, 0.05) is 31.3 Å². The molecule has 0 aliphatic heterocycles. The predicted octanol–water partition coefficient (Wildman–Crippen LogP) is 2.66. The van der Waals surface area contributed by atoms with Crippen molar-refractivity contribution in [2.24, 2.45) is 13.0 Å². The van der Waals surface area contributed by atoms with Crippen molar-refractivity contribution >= 4 is 21.8 Å². The quantitative estimate of drug-likeness (QED) is 0.838. The van der Waals surface area contributed by atoms with E-state index in [0.29, 0.717) is 0 Å². The van der Waals surface area contributed by atoms with Gasteiger partial charge in [0.25, 0.3) is 5.91 Å². The standard InChI is InChI=1S/C12H17BrN2O/c1-14-8-10(13)6-11(14)12(16)15(2)7-9-4-3-5-9/h6,8-9H,3-5,7H2,1-2H3. The van der Waals surface area contributed by atoms with Gasteiger partial charge in [-0.05, 0) is 40.8 Å². The molecule has 0 aromatic carbocycles. The second-order valence-corrected chi connectivity index (χ2v) is 5.55. The van der Waals surface area contributed by atoms with Gasteiger partial charge in [0.2, 0.25) is 0 Å².